The molecular weight excluding hydrogens is 504 g/mol. The molecule has 0 atom stereocenters. The number of hydrogen-bond acceptors (Lipinski definition) is 5. The predicted octanol–water partition coefficient (Wildman–Crippen LogP) is 8.02. The van der Waals surface area contributed by atoms with Crippen LogP contribution in [-0.2, 0) is 4.74 Å². The number of rotatable bonds is 6. The zero-order valence-electron chi connectivity index (χ0n) is 20.2. The second-order valence-electron chi connectivity index (χ2n) is 8.42. The summed E-state index contributed by atoms with van der Waals surface area (Å²) >= 11 is 7.34. The van der Waals surface area contributed by atoms with Crippen LogP contribution in [0.1, 0.15) is 33.2 Å². The first-order chi connectivity index (χ1) is 18.0. The lowest BCUT2D eigenvalue weighted by molar-refractivity contribution is 0.0529. The topological polar surface area (TPSA) is 68.3 Å². The summed E-state index contributed by atoms with van der Waals surface area (Å²) in [4.78, 5) is 31.5. The van der Waals surface area contributed by atoms with E-state index in [0.29, 0.717) is 37.9 Å². The third kappa shape index (κ3) is 4.99. The molecule has 0 saturated carbocycles. The molecular formula is C30H23ClN2O3S. The van der Waals surface area contributed by atoms with E-state index in [1.807, 2.05) is 73.0 Å². The van der Waals surface area contributed by atoms with Crippen LogP contribution in [0.2, 0.25) is 5.02 Å². The normalized spacial score (nSPS) is 10.9. The zero-order valence-corrected chi connectivity index (χ0v) is 21.8. The van der Waals surface area contributed by atoms with E-state index >= 15 is 0 Å². The van der Waals surface area contributed by atoms with Crippen molar-refractivity contribution < 1.29 is 14.3 Å². The van der Waals surface area contributed by atoms with Gasteiger partial charge < -0.3 is 10.1 Å². The maximum absolute atomic E-state index is 13.7. The van der Waals surface area contributed by atoms with Crippen LogP contribution in [0.4, 0.5) is 5.00 Å². The Hall–Kier alpha value is -4.00. The summed E-state index contributed by atoms with van der Waals surface area (Å²) in [6, 6.07) is 24.5. The molecule has 7 heteroatoms. The maximum Gasteiger partial charge on any atom is 0.341 e. The molecule has 2 heterocycles. The summed E-state index contributed by atoms with van der Waals surface area (Å²) < 4.78 is 5.34. The Morgan fingerprint density at radius 2 is 1.70 bits per heavy atom. The smallest absolute Gasteiger partial charge is 0.341 e. The molecule has 3 aromatic carbocycles. The molecule has 2 aromatic heterocycles. The third-order valence-corrected chi connectivity index (χ3v) is 7.18. The summed E-state index contributed by atoms with van der Waals surface area (Å²) in [5.74, 6) is -0.826. The fourth-order valence-electron chi connectivity index (χ4n) is 4.23. The number of nitrogens with one attached hydrogen (secondary N) is 1. The van der Waals surface area contributed by atoms with E-state index in [1.165, 1.54) is 11.3 Å². The van der Waals surface area contributed by atoms with Crippen LogP contribution in [0.15, 0.2) is 84.2 Å². The van der Waals surface area contributed by atoms with Crippen LogP contribution in [0.3, 0.4) is 0 Å². The highest BCUT2D eigenvalue weighted by atomic mass is 35.5. The number of nitrogens with zero attached hydrogens (tertiary/aromatic N) is 1. The molecule has 1 N–H and O–H groups in total. The van der Waals surface area contributed by atoms with Crippen LogP contribution >= 0.6 is 22.9 Å². The van der Waals surface area contributed by atoms with Crippen LogP contribution < -0.4 is 5.32 Å². The van der Waals surface area contributed by atoms with E-state index in [9.17, 15) is 9.59 Å². The Morgan fingerprint density at radius 3 is 2.46 bits per heavy atom. The van der Waals surface area contributed by atoms with Crippen molar-refractivity contribution in [2.24, 2.45) is 0 Å². The highest BCUT2D eigenvalue weighted by Crippen LogP contribution is 2.37. The van der Waals surface area contributed by atoms with Gasteiger partial charge in [-0.25, -0.2) is 9.78 Å². The number of esters is 1. The van der Waals surface area contributed by atoms with Gasteiger partial charge in [0.1, 0.15) is 10.6 Å². The monoisotopic (exact) mass is 526 g/mol. The van der Waals surface area contributed by atoms with Crippen molar-refractivity contribution in [1.29, 1.82) is 0 Å². The number of para-hydroxylation sites is 1. The number of carbonyl (C=O) groups excluding carboxylic acids is 2. The standard InChI is InChI=1S/C30H23ClN2O3S/c1-3-36-30(35)27-24(19-12-14-20(31)15-13-19)17-37-29(27)33-28(34)23-16-26(21-9-5-4-8-18(21)2)32-25-11-7-6-10-22(23)25/h4-17H,3H2,1-2H3,(H,33,34). The summed E-state index contributed by atoms with van der Waals surface area (Å²) in [7, 11) is 0. The number of carbonyl (C=O) groups is 2. The minimum atomic E-state index is -0.496. The van der Waals surface area contributed by atoms with Crippen molar-refractivity contribution >= 4 is 50.7 Å². The predicted molar refractivity (Wildman–Crippen MR) is 151 cm³/mol. The molecule has 0 fully saturated rings. The van der Waals surface area contributed by atoms with Crippen LogP contribution in [0.5, 0.6) is 0 Å². The van der Waals surface area contributed by atoms with E-state index in [1.54, 1.807) is 25.1 Å². The quantitative estimate of drug-likeness (QED) is 0.227. The van der Waals surface area contributed by atoms with Crippen molar-refractivity contribution in [2.75, 3.05) is 11.9 Å². The molecule has 0 aliphatic heterocycles. The van der Waals surface area contributed by atoms with Gasteiger partial charge in [-0.1, -0.05) is 66.2 Å². The van der Waals surface area contributed by atoms with Gasteiger partial charge in [-0.15, -0.1) is 11.3 Å². The molecule has 0 bridgehead atoms. The Labute approximate surface area is 223 Å². The second-order valence-corrected chi connectivity index (χ2v) is 9.74. The van der Waals surface area contributed by atoms with E-state index in [2.05, 4.69) is 5.32 Å². The molecule has 184 valence electrons. The lowest BCUT2D eigenvalue weighted by Gasteiger charge is -2.12. The molecule has 1 amide bonds. The van der Waals surface area contributed by atoms with Gasteiger partial charge in [-0.2, -0.15) is 0 Å². The molecule has 5 nitrogen and oxygen atoms in total. The highest BCUT2D eigenvalue weighted by molar-refractivity contribution is 7.15. The molecule has 0 saturated heterocycles. The number of pyridine rings is 1. The summed E-state index contributed by atoms with van der Waals surface area (Å²) in [5, 5.41) is 6.57. The molecule has 5 rings (SSSR count). The van der Waals surface area contributed by atoms with Gasteiger partial charge in [0, 0.05) is 26.9 Å². The Kier molecular flexibility index (Phi) is 7.04. The number of thiophene rings is 1. The fraction of sp³-hybridized carbons (Fsp3) is 0.100. The number of hydrogen-bond donors (Lipinski definition) is 1. The van der Waals surface area contributed by atoms with Crippen LogP contribution in [0, 0.1) is 6.92 Å². The van der Waals surface area contributed by atoms with E-state index in [0.717, 1.165) is 22.1 Å². The Balaban J connectivity index is 1.59. The number of aryl methyl sites for hydroxylation is 1. The maximum atomic E-state index is 13.7. The number of fused-ring (bicyclic) bond motifs is 1. The van der Waals surface area contributed by atoms with Crippen molar-refractivity contribution in [3.63, 3.8) is 0 Å². The molecule has 0 aliphatic carbocycles. The molecule has 0 aliphatic rings. The minimum absolute atomic E-state index is 0.219. The van der Waals surface area contributed by atoms with Gasteiger partial charge in [0.25, 0.3) is 5.91 Å². The van der Waals surface area contributed by atoms with E-state index in [4.69, 9.17) is 21.3 Å². The first-order valence-corrected chi connectivity index (χ1v) is 13.0. The number of anilines is 1. The molecule has 0 spiro atoms. The zero-order chi connectivity index (χ0) is 25.9. The van der Waals surface area contributed by atoms with Crippen molar-refractivity contribution in [1.82, 2.24) is 4.98 Å². The number of amides is 1. The average Bonchev–Trinajstić information content (AvgIpc) is 3.32. The minimum Gasteiger partial charge on any atom is -0.462 e. The van der Waals surface area contributed by atoms with Gasteiger partial charge in [0.15, 0.2) is 0 Å². The SMILES string of the molecule is CCOC(=O)c1c(-c2ccc(Cl)cc2)csc1NC(=O)c1cc(-c2ccccc2C)nc2ccccc12. The second kappa shape index (κ2) is 10.5. The Morgan fingerprint density at radius 1 is 0.973 bits per heavy atom. The summed E-state index contributed by atoms with van der Waals surface area (Å²) in [6.07, 6.45) is 0. The van der Waals surface area contributed by atoms with Gasteiger partial charge in [0.2, 0.25) is 0 Å². The molecule has 0 unspecified atom stereocenters. The molecule has 0 radical (unpaired) electrons. The number of aromatic nitrogens is 1. The van der Waals surface area contributed by atoms with Gasteiger partial charge in [0.05, 0.1) is 23.4 Å². The third-order valence-electron chi connectivity index (χ3n) is 6.03. The van der Waals surface area contributed by atoms with Crippen molar-refractivity contribution in [2.45, 2.75) is 13.8 Å². The highest BCUT2D eigenvalue weighted by Gasteiger charge is 2.24. The number of ether oxygens (including phenoxy) is 1. The average molecular weight is 527 g/mol. The summed E-state index contributed by atoms with van der Waals surface area (Å²) in [5.41, 5.74) is 5.71. The largest absolute Gasteiger partial charge is 0.462 e. The van der Waals surface area contributed by atoms with E-state index in [-0.39, 0.29) is 12.5 Å². The summed E-state index contributed by atoms with van der Waals surface area (Å²) in [6.45, 7) is 3.99. The first kappa shape index (κ1) is 24.7. The van der Waals surface area contributed by atoms with Crippen molar-refractivity contribution in [3.05, 3.63) is 106 Å². The van der Waals surface area contributed by atoms with Gasteiger partial charge in [-0.3, -0.25) is 4.79 Å². The Bertz CT molecular complexity index is 1630. The number of halogens is 1. The van der Waals surface area contributed by atoms with Crippen molar-refractivity contribution in [3.8, 4) is 22.4 Å². The van der Waals surface area contributed by atoms with Crippen LogP contribution in [-0.4, -0.2) is 23.5 Å². The van der Waals surface area contributed by atoms with Gasteiger partial charge in [-0.05, 0) is 49.2 Å². The molecule has 5 aromatic rings. The lowest BCUT2D eigenvalue weighted by atomic mass is 10.0. The fourth-order valence-corrected chi connectivity index (χ4v) is 5.31. The van der Waals surface area contributed by atoms with E-state index < -0.39 is 5.97 Å². The van der Waals surface area contributed by atoms with Crippen LogP contribution in [0.25, 0.3) is 33.3 Å². The first-order valence-electron chi connectivity index (χ1n) is 11.8. The van der Waals surface area contributed by atoms with Gasteiger partial charge >= 0.3 is 5.97 Å². The lowest BCUT2D eigenvalue weighted by Crippen LogP contribution is -2.15. The molecule has 37 heavy (non-hydrogen) atoms. The number of benzene rings is 3.